The molecule has 0 atom stereocenters. The average molecular weight is 194 g/mol. The molecular formula is C11H15FN2. The molecule has 1 saturated carbocycles. The lowest BCUT2D eigenvalue weighted by Gasteiger charge is -2.17. The van der Waals surface area contributed by atoms with Crippen molar-refractivity contribution in [2.75, 3.05) is 5.32 Å². The first kappa shape index (κ1) is 9.44. The molecule has 76 valence electrons. The molecule has 3 heteroatoms. The van der Waals surface area contributed by atoms with Crippen LogP contribution in [0.3, 0.4) is 0 Å². The number of nitrogens with one attached hydrogen (secondary N) is 1. The molecule has 0 radical (unpaired) electrons. The van der Waals surface area contributed by atoms with Crippen molar-refractivity contribution in [2.24, 2.45) is 0 Å². The molecule has 2 nitrogen and oxygen atoms in total. The molecule has 0 saturated heterocycles. The highest BCUT2D eigenvalue weighted by molar-refractivity contribution is 5.41. The Hall–Kier alpha value is -1.12. The monoisotopic (exact) mass is 194 g/mol. The number of anilines is 1. The van der Waals surface area contributed by atoms with E-state index >= 15 is 0 Å². The molecular weight excluding hydrogens is 179 g/mol. The Morgan fingerprint density at radius 1 is 1.57 bits per heavy atom. The van der Waals surface area contributed by atoms with E-state index in [0.29, 0.717) is 5.82 Å². The Kier molecular flexibility index (Phi) is 2.40. The zero-order valence-corrected chi connectivity index (χ0v) is 8.39. The van der Waals surface area contributed by atoms with Crippen molar-refractivity contribution in [1.82, 2.24) is 4.98 Å². The van der Waals surface area contributed by atoms with Crippen LogP contribution in [0.1, 0.15) is 32.6 Å². The van der Waals surface area contributed by atoms with E-state index in [0.717, 1.165) is 25.7 Å². The summed E-state index contributed by atoms with van der Waals surface area (Å²) in [7, 11) is 0. The van der Waals surface area contributed by atoms with Gasteiger partial charge in [0, 0.05) is 11.7 Å². The van der Waals surface area contributed by atoms with Gasteiger partial charge in [0.25, 0.3) is 0 Å². The number of halogens is 1. The van der Waals surface area contributed by atoms with Gasteiger partial charge in [0.05, 0.1) is 0 Å². The van der Waals surface area contributed by atoms with E-state index in [4.69, 9.17) is 0 Å². The molecule has 1 aliphatic rings. The Morgan fingerprint density at radius 2 is 2.36 bits per heavy atom. The molecule has 0 aromatic carbocycles. The maximum atomic E-state index is 13.3. The summed E-state index contributed by atoms with van der Waals surface area (Å²) >= 11 is 0. The van der Waals surface area contributed by atoms with Crippen LogP contribution in [0.2, 0.25) is 0 Å². The molecule has 2 rings (SSSR count). The Labute approximate surface area is 83.6 Å². The molecule has 0 spiro atoms. The molecule has 0 bridgehead atoms. The third kappa shape index (κ3) is 1.86. The van der Waals surface area contributed by atoms with Crippen molar-refractivity contribution in [3.8, 4) is 0 Å². The minimum Gasteiger partial charge on any atom is -0.362 e. The summed E-state index contributed by atoms with van der Waals surface area (Å²) in [6.45, 7) is 2.15. The molecule has 0 amide bonds. The van der Waals surface area contributed by atoms with Gasteiger partial charge >= 0.3 is 0 Å². The number of hydrogen-bond donors (Lipinski definition) is 1. The summed E-state index contributed by atoms with van der Waals surface area (Å²) in [5.41, 5.74) is 0.143. The van der Waals surface area contributed by atoms with Gasteiger partial charge in [-0.2, -0.15) is 0 Å². The number of nitrogens with zero attached hydrogens (tertiary/aromatic N) is 1. The smallest absolute Gasteiger partial charge is 0.165 e. The summed E-state index contributed by atoms with van der Waals surface area (Å²) < 4.78 is 13.3. The highest BCUT2D eigenvalue weighted by Gasteiger charge is 2.42. The van der Waals surface area contributed by atoms with E-state index in [1.165, 1.54) is 6.07 Å². The van der Waals surface area contributed by atoms with E-state index in [1.807, 2.05) is 0 Å². The molecule has 1 heterocycles. The first-order valence-electron chi connectivity index (χ1n) is 5.14. The van der Waals surface area contributed by atoms with Gasteiger partial charge in [-0.15, -0.1) is 0 Å². The van der Waals surface area contributed by atoms with E-state index in [1.54, 1.807) is 12.3 Å². The Bertz CT molecular complexity index is 321. The minimum absolute atomic E-state index is 0.143. The fraction of sp³-hybridized carbons (Fsp3) is 0.545. The fourth-order valence-corrected chi connectivity index (χ4v) is 1.80. The van der Waals surface area contributed by atoms with Crippen molar-refractivity contribution in [1.29, 1.82) is 0 Å². The normalized spacial score (nSPS) is 17.9. The number of pyridine rings is 1. The van der Waals surface area contributed by atoms with Crippen LogP contribution in [0, 0.1) is 5.82 Å². The van der Waals surface area contributed by atoms with Crippen molar-refractivity contribution < 1.29 is 4.39 Å². The lowest BCUT2D eigenvalue weighted by atomic mass is 10.1. The molecule has 1 fully saturated rings. The zero-order chi connectivity index (χ0) is 10.0. The van der Waals surface area contributed by atoms with Crippen LogP contribution in [-0.2, 0) is 0 Å². The van der Waals surface area contributed by atoms with Crippen LogP contribution in [0.5, 0.6) is 0 Å². The number of hydrogen-bond acceptors (Lipinski definition) is 2. The highest BCUT2D eigenvalue weighted by atomic mass is 19.1. The molecule has 1 aliphatic carbocycles. The minimum atomic E-state index is -0.255. The number of rotatable bonds is 4. The molecule has 1 N–H and O–H groups in total. The van der Waals surface area contributed by atoms with Crippen LogP contribution in [0.4, 0.5) is 10.2 Å². The van der Waals surface area contributed by atoms with E-state index in [2.05, 4.69) is 17.2 Å². The summed E-state index contributed by atoms with van der Waals surface area (Å²) in [5.74, 6) is 0.147. The van der Waals surface area contributed by atoms with Gasteiger partial charge in [-0.05, 0) is 31.4 Å². The van der Waals surface area contributed by atoms with Gasteiger partial charge in [0.1, 0.15) is 0 Å². The van der Waals surface area contributed by atoms with E-state index in [-0.39, 0.29) is 11.4 Å². The Morgan fingerprint density at radius 3 is 2.93 bits per heavy atom. The first-order valence-corrected chi connectivity index (χ1v) is 5.14. The topological polar surface area (TPSA) is 24.9 Å². The summed E-state index contributed by atoms with van der Waals surface area (Å²) in [6.07, 6.45) is 6.12. The summed E-state index contributed by atoms with van der Waals surface area (Å²) in [4.78, 5) is 4.00. The van der Waals surface area contributed by atoms with E-state index < -0.39 is 0 Å². The predicted molar refractivity (Wildman–Crippen MR) is 54.7 cm³/mol. The van der Waals surface area contributed by atoms with Gasteiger partial charge in [0.15, 0.2) is 11.6 Å². The standard InChI is InChI=1S/C11H15FN2/c1-2-5-11(6-7-11)14-10-9(12)4-3-8-13-10/h3-4,8H,2,5-7H2,1H3,(H,13,14). The Balaban J connectivity index is 2.07. The second-order valence-electron chi connectivity index (χ2n) is 3.99. The second kappa shape index (κ2) is 3.56. The lowest BCUT2D eigenvalue weighted by Crippen LogP contribution is -2.22. The van der Waals surface area contributed by atoms with Gasteiger partial charge in [-0.1, -0.05) is 13.3 Å². The third-order valence-corrected chi connectivity index (χ3v) is 2.72. The van der Waals surface area contributed by atoms with Crippen molar-refractivity contribution >= 4 is 5.82 Å². The van der Waals surface area contributed by atoms with Crippen LogP contribution in [0.15, 0.2) is 18.3 Å². The third-order valence-electron chi connectivity index (χ3n) is 2.72. The van der Waals surface area contributed by atoms with Gasteiger partial charge in [0.2, 0.25) is 0 Å². The van der Waals surface area contributed by atoms with Crippen molar-refractivity contribution in [3.05, 3.63) is 24.1 Å². The van der Waals surface area contributed by atoms with Crippen LogP contribution < -0.4 is 5.32 Å². The lowest BCUT2D eigenvalue weighted by molar-refractivity contribution is 0.598. The maximum absolute atomic E-state index is 13.3. The SMILES string of the molecule is CCCC1(Nc2ncccc2F)CC1. The summed E-state index contributed by atoms with van der Waals surface area (Å²) in [6, 6.07) is 3.05. The quantitative estimate of drug-likeness (QED) is 0.797. The fourth-order valence-electron chi connectivity index (χ4n) is 1.80. The zero-order valence-electron chi connectivity index (χ0n) is 8.39. The van der Waals surface area contributed by atoms with Gasteiger partial charge in [-0.25, -0.2) is 9.37 Å². The first-order chi connectivity index (χ1) is 6.76. The largest absolute Gasteiger partial charge is 0.362 e. The van der Waals surface area contributed by atoms with Crippen LogP contribution in [-0.4, -0.2) is 10.5 Å². The molecule has 1 aromatic rings. The molecule has 0 unspecified atom stereocenters. The van der Waals surface area contributed by atoms with Gasteiger partial charge < -0.3 is 5.32 Å². The molecule has 0 aliphatic heterocycles. The highest BCUT2D eigenvalue weighted by Crippen LogP contribution is 2.42. The van der Waals surface area contributed by atoms with Crippen molar-refractivity contribution in [2.45, 2.75) is 38.1 Å². The van der Waals surface area contributed by atoms with Gasteiger partial charge in [-0.3, -0.25) is 0 Å². The maximum Gasteiger partial charge on any atom is 0.165 e. The average Bonchev–Trinajstić information content (AvgIpc) is 2.90. The predicted octanol–water partition coefficient (Wildman–Crippen LogP) is 2.97. The van der Waals surface area contributed by atoms with Crippen LogP contribution >= 0.6 is 0 Å². The van der Waals surface area contributed by atoms with Crippen molar-refractivity contribution in [3.63, 3.8) is 0 Å². The summed E-state index contributed by atoms with van der Waals surface area (Å²) in [5, 5.41) is 3.21. The molecule has 14 heavy (non-hydrogen) atoms. The van der Waals surface area contributed by atoms with Crippen LogP contribution in [0.25, 0.3) is 0 Å². The molecule has 1 aromatic heterocycles. The van der Waals surface area contributed by atoms with E-state index in [9.17, 15) is 4.39 Å². The second-order valence-corrected chi connectivity index (χ2v) is 3.99. The number of aromatic nitrogens is 1.